The van der Waals surface area contributed by atoms with E-state index in [4.69, 9.17) is 4.74 Å². The number of benzene rings is 2. The van der Waals surface area contributed by atoms with Crippen LogP contribution in [0.5, 0.6) is 0 Å². The largest absolute Gasteiger partial charge is 0.444 e. The van der Waals surface area contributed by atoms with E-state index in [1.807, 2.05) is 90.1 Å². The van der Waals surface area contributed by atoms with E-state index in [9.17, 15) is 14.4 Å². The first-order chi connectivity index (χ1) is 18.3. The Bertz CT molecular complexity index is 1110. The summed E-state index contributed by atoms with van der Waals surface area (Å²) in [4.78, 5) is 42.7. The van der Waals surface area contributed by atoms with Crippen molar-refractivity contribution in [2.24, 2.45) is 5.92 Å². The number of nitrogens with zero attached hydrogens (tertiary/aromatic N) is 1. The molecule has 3 amide bonds. The minimum Gasteiger partial charge on any atom is -0.444 e. The molecule has 0 heterocycles. The van der Waals surface area contributed by atoms with E-state index < -0.39 is 23.8 Å². The lowest BCUT2D eigenvalue weighted by Crippen LogP contribution is -2.57. The molecule has 2 rings (SSSR count). The molecule has 4 unspecified atom stereocenters. The minimum atomic E-state index is -0.873. The Balaban J connectivity index is 2.55. The fraction of sp³-hybridized carbons (Fsp3) is 0.531. The molecule has 0 saturated carbocycles. The molecule has 2 aromatic carbocycles. The van der Waals surface area contributed by atoms with E-state index >= 15 is 0 Å². The van der Waals surface area contributed by atoms with Crippen molar-refractivity contribution in [2.45, 2.75) is 105 Å². The van der Waals surface area contributed by atoms with Crippen molar-refractivity contribution in [3.63, 3.8) is 0 Å². The van der Waals surface area contributed by atoms with Gasteiger partial charge < -0.3 is 20.3 Å². The summed E-state index contributed by atoms with van der Waals surface area (Å²) in [5.41, 5.74) is 3.14. The van der Waals surface area contributed by atoms with Gasteiger partial charge >= 0.3 is 6.09 Å². The number of hydrogen-bond acceptors (Lipinski definition) is 4. The summed E-state index contributed by atoms with van der Waals surface area (Å²) >= 11 is 0. The van der Waals surface area contributed by atoms with Crippen LogP contribution >= 0.6 is 0 Å². The summed E-state index contributed by atoms with van der Waals surface area (Å²) < 4.78 is 5.49. The first-order valence-electron chi connectivity index (χ1n) is 14.0. The van der Waals surface area contributed by atoms with Gasteiger partial charge in [0.05, 0.1) is 0 Å². The zero-order chi connectivity index (χ0) is 29.3. The van der Waals surface area contributed by atoms with Crippen LogP contribution in [0.2, 0.25) is 0 Å². The molecule has 0 fully saturated rings. The molecule has 0 aliphatic rings. The van der Waals surface area contributed by atoms with Crippen molar-refractivity contribution < 1.29 is 19.1 Å². The van der Waals surface area contributed by atoms with Gasteiger partial charge in [-0.05, 0) is 76.1 Å². The standard InChI is InChI=1S/C32H47N3O4/c1-10-21(3)27(34-31(38)39-32(7,8)9)30(37)35(24(6)11-2)28(26-18-17-22(4)23(5)19-26)29(36)33-20-25-15-13-12-14-16-25/h12-19,21,24,27-28H,10-11,20H2,1-9H3,(H,33,36)(H,34,38). The van der Waals surface area contributed by atoms with Crippen LogP contribution in [0.3, 0.4) is 0 Å². The van der Waals surface area contributed by atoms with Gasteiger partial charge in [0.1, 0.15) is 17.7 Å². The fourth-order valence-corrected chi connectivity index (χ4v) is 4.33. The highest BCUT2D eigenvalue weighted by Gasteiger charge is 2.40. The zero-order valence-electron chi connectivity index (χ0n) is 25.1. The van der Waals surface area contributed by atoms with Gasteiger partial charge in [0.2, 0.25) is 11.8 Å². The van der Waals surface area contributed by atoms with Crippen LogP contribution in [0, 0.1) is 19.8 Å². The Kier molecular flexibility index (Phi) is 11.6. The molecule has 0 saturated heterocycles. The van der Waals surface area contributed by atoms with Crippen molar-refractivity contribution >= 4 is 17.9 Å². The number of alkyl carbamates (subject to hydrolysis) is 1. The second-order valence-electron chi connectivity index (χ2n) is 11.5. The third-order valence-electron chi connectivity index (χ3n) is 7.15. The Labute approximate surface area is 234 Å². The van der Waals surface area contributed by atoms with E-state index in [0.717, 1.165) is 22.3 Å². The molecule has 7 nitrogen and oxygen atoms in total. The van der Waals surface area contributed by atoms with Gasteiger partial charge in [0.15, 0.2) is 0 Å². The van der Waals surface area contributed by atoms with Crippen LogP contribution in [0.1, 0.15) is 89.6 Å². The van der Waals surface area contributed by atoms with Crippen molar-refractivity contribution in [3.05, 3.63) is 70.8 Å². The molecule has 7 heteroatoms. The smallest absolute Gasteiger partial charge is 0.408 e. The number of hydrogen-bond donors (Lipinski definition) is 2. The summed E-state index contributed by atoms with van der Waals surface area (Å²) in [6.45, 7) is 17.5. The SMILES string of the molecule is CCC(C)C(NC(=O)OC(C)(C)C)C(=O)N(C(C)CC)C(C(=O)NCc1ccccc1)c1ccc(C)c(C)c1. The first-order valence-corrected chi connectivity index (χ1v) is 14.0. The predicted octanol–water partition coefficient (Wildman–Crippen LogP) is 6.23. The summed E-state index contributed by atoms with van der Waals surface area (Å²) in [5.74, 6) is -0.747. The van der Waals surface area contributed by atoms with Crippen molar-refractivity contribution in [1.29, 1.82) is 0 Å². The molecular formula is C32H47N3O4. The number of carbonyl (C=O) groups is 3. The second kappa shape index (κ2) is 14.2. The number of nitrogens with one attached hydrogen (secondary N) is 2. The molecule has 2 N–H and O–H groups in total. The Hall–Kier alpha value is -3.35. The highest BCUT2D eigenvalue weighted by molar-refractivity contribution is 5.92. The summed E-state index contributed by atoms with van der Waals surface area (Å²) in [7, 11) is 0. The normalized spacial score (nSPS) is 14.5. The molecule has 214 valence electrons. The van der Waals surface area contributed by atoms with E-state index in [1.165, 1.54) is 0 Å². The van der Waals surface area contributed by atoms with E-state index in [2.05, 4.69) is 10.6 Å². The van der Waals surface area contributed by atoms with E-state index in [1.54, 1.807) is 25.7 Å². The summed E-state index contributed by atoms with van der Waals surface area (Å²) in [5, 5.41) is 5.88. The van der Waals surface area contributed by atoms with Gasteiger partial charge in [-0.15, -0.1) is 0 Å². The second-order valence-corrected chi connectivity index (χ2v) is 11.5. The molecule has 4 atom stereocenters. The lowest BCUT2D eigenvalue weighted by Gasteiger charge is -2.39. The third-order valence-corrected chi connectivity index (χ3v) is 7.15. The lowest BCUT2D eigenvalue weighted by molar-refractivity contribution is -0.146. The molecule has 2 aromatic rings. The molecule has 0 bridgehead atoms. The van der Waals surface area contributed by atoms with Gasteiger partial charge in [-0.25, -0.2) is 4.79 Å². The van der Waals surface area contributed by atoms with Crippen LogP contribution in [0.15, 0.2) is 48.5 Å². The maximum atomic E-state index is 14.4. The van der Waals surface area contributed by atoms with Crippen LogP contribution in [-0.4, -0.2) is 40.5 Å². The molecule has 0 aliphatic carbocycles. The van der Waals surface area contributed by atoms with Gasteiger partial charge in [0, 0.05) is 12.6 Å². The molecule has 0 radical (unpaired) electrons. The number of carbonyl (C=O) groups excluding carboxylic acids is 3. The first kappa shape index (κ1) is 31.9. The van der Waals surface area contributed by atoms with Crippen molar-refractivity contribution in [3.8, 4) is 0 Å². The maximum absolute atomic E-state index is 14.4. The van der Waals surface area contributed by atoms with Crippen molar-refractivity contribution in [2.75, 3.05) is 0 Å². The predicted molar refractivity (Wildman–Crippen MR) is 156 cm³/mol. The molecule has 0 spiro atoms. The van der Waals surface area contributed by atoms with Crippen LogP contribution in [0.25, 0.3) is 0 Å². The Morgan fingerprint density at radius 2 is 1.56 bits per heavy atom. The van der Waals surface area contributed by atoms with Gasteiger partial charge in [-0.3, -0.25) is 9.59 Å². The van der Waals surface area contributed by atoms with Gasteiger partial charge in [-0.1, -0.05) is 75.7 Å². The van der Waals surface area contributed by atoms with E-state index in [-0.39, 0.29) is 23.8 Å². The highest BCUT2D eigenvalue weighted by Crippen LogP contribution is 2.29. The van der Waals surface area contributed by atoms with Crippen LogP contribution in [0.4, 0.5) is 4.79 Å². The van der Waals surface area contributed by atoms with E-state index in [0.29, 0.717) is 19.4 Å². The van der Waals surface area contributed by atoms with Crippen LogP contribution < -0.4 is 10.6 Å². The topological polar surface area (TPSA) is 87.7 Å². The highest BCUT2D eigenvalue weighted by atomic mass is 16.6. The number of ether oxygens (including phenoxy) is 1. The van der Waals surface area contributed by atoms with Gasteiger partial charge in [-0.2, -0.15) is 0 Å². The average molecular weight is 538 g/mol. The minimum absolute atomic E-state index is 0.177. The zero-order valence-corrected chi connectivity index (χ0v) is 25.1. The van der Waals surface area contributed by atoms with Crippen molar-refractivity contribution in [1.82, 2.24) is 15.5 Å². The molecule has 0 aromatic heterocycles. The summed E-state index contributed by atoms with van der Waals surface area (Å²) in [6, 6.07) is 13.6. The summed E-state index contributed by atoms with van der Waals surface area (Å²) in [6.07, 6.45) is 0.648. The third kappa shape index (κ3) is 9.12. The lowest BCUT2D eigenvalue weighted by atomic mass is 9.93. The van der Waals surface area contributed by atoms with Crippen LogP contribution in [-0.2, 0) is 20.9 Å². The number of rotatable bonds is 11. The molecular weight excluding hydrogens is 490 g/mol. The average Bonchev–Trinajstić information content (AvgIpc) is 2.89. The number of aryl methyl sites for hydroxylation is 2. The molecule has 0 aliphatic heterocycles. The fourth-order valence-electron chi connectivity index (χ4n) is 4.33. The number of amides is 3. The molecule has 39 heavy (non-hydrogen) atoms. The van der Waals surface area contributed by atoms with Gasteiger partial charge in [0.25, 0.3) is 0 Å². The monoisotopic (exact) mass is 537 g/mol. The Morgan fingerprint density at radius 3 is 2.10 bits per heavy atom. The Morgan fingerprint density at radius 1 is 0.923 bits per heavy atom. The quantitative estimate of drug-likeness (QED) is 0.356. The maximum Gasteiger partial charge on any atom is 0.408 e.